The third-order valence-electron chi connectivity index (χ3n) is 3.36. The van der Waals surface area contributed by atoms with Gasteiger partial charge in [0.2, 0.25) is 5.91 Å². The Bertz CT molecular complexity index is 852. The highest BCUT2D eigenvalue weighted by Gasteiger charge is 2.07. The summed E-state index contributed by atoms with van der Waals surface area (Å²) in [7, 11) is 0. The van der Waals surface area contributed by atoms with Gasteiger partial charge in [0.05, 0.1) is 10.9 Å². The SMILES string of the molecule is C/C(CC(=O)Nc1ccc(Br)cc1)=N/NC(=O)COc1ccc(C)cc1Br. The predicted molar refractivity (Wildman–Crippen MR) is 113 cm³/mol. The van der Waals surface area contributed by atoms with Crippen LogP contribution in [0.3, 0.4) is 0 Å². The Labute approximate surface area is 174 Å². The molecule has 0 spiro atoms. The highest BCUT2D eigenvalue weighted by molar-refractivity contribution is 9.10. The summed E-state index contributed by atoms with van der Waals surface area (Å²) in [5.41, 5.74) is 4.64. The van der Waals surface area contributed by atoms with Crippen molar-refractivity contribution in [2.24, 2.45) is 5.10 Å². The van der Waals surface area contributed by atoms with Gasteiger partial charge in [0.25, 0.3) is 5.91 Å². The Morgan fingerprint density at radius 2 is 1.78 bits per heavy atom. The number of nitrogens with zero attached hydrogens (tertiary/aromatic N) is 1. The number of hydrogen-bond donors (Lipinski definition) is 2. The maximum atomic E-state index is 12.0. The third kappa shape index (κ3) is 7.52. The van der Waals surface area contributed by atoms with Crippen molar-refractivity contribution in [2.75, 3.05) is 11.9 Å². The molecule has 0 bridgehead atoms. The molecule has 2 aromatic carbocycles. The lowest BCUT2D eigenvalue weighted by molar-refractivity contribution is -0.123. The number of ether oxygens (including phenoxy) is 1. The molecule has 8 heteroatoms. The molecule has 2 amide bonds. The van der Waals surface area contributed by atoms with E-state index in [1.54, 1.807) is 25.1 Å². The molecule has 6 nitrogen and oxygen atoms in total. The predicted octanol–water partition coefficient (Wildman–Crippen LogP) is 4.42. The monoisotopic (exact) mass is 495 g/mol. The van der Waals surface area contributed by atoms with E-state index in [-0.39, 0.29) is 18.9 Å². The molecule has 0 aliphatic heterocycles. The van der Waals surface area contributed by atoms with Gasteiger partial charge >= 0.3 is 0 Å². The summed E-state index contributed by atoms with van der Waals surface area (Å²) in [4.78, 5) is 23.8. The molecule has 0 unspecified atom stereocenters. The number of benzene rings is 2. The van der Waals surface area contributed by atoms with Gasteiger partial charge in [0.15, 0.2) is 6.61 Å². The summed E-state index contributed by atoms with van der Waals surface area (Å²) in [6, 6.07) is 12.8. The summed E-state index contributed by atoms with van der Waals surface area (Å²) in [6.07, 6.45) is 0.0702. The average Bonchev–Trinajstić information content (AvgIpc) is 2.61. The van der Waals surface area contributed by atoms with Gasteiger partial charge in [-0.2, -0.15) is 5.10 Å². The molecule has 27 heavy (non-hydrogen) atoms. The number of carbonyl (C=O) groups excluding carboxylic acids is 2. The first-order valence-corrected chi connectivity index (χ1v) is 9.68. The number of anilines is 1. The van der Waals surface area contributed by atoms with E-state index in [1.807, 2.05) is 31.2 Å². The fraction of sp³-hybridized carbons (Fsp3) is 0.211. The molecule has 0 fully saturated rings. The molecule has 0 aliphatic rings. The molecule has 2 N–H and O–H groups in total. The fourth-order valence-electron chi connectivity index (χ4n) is 2.07. The van der Waals surface area contributed by atoms with Crippen molar-refractivity contribution in [1.29, 1.82) is 0 Å². The number of amides is 2. The van der Waals surface area contributed by atoms with Gasteiger partial charge in [-0.15, -0.1) is 0 Å². The van der Waals surface area contributed by atoms with Gasteiger partial charge in [0.1, 0.15) is 5.75 Å². The zero-order valence-corrected chi connectivity index (χ0v) is 18.1. The van der Waals surface area contributed by atoms with Crippen molar-refractivity contribution in [1.82, 2.24) is 5.43 Å². The van der Waals surface area contributed by atoms with Crippen LogP contribution in [-0.2, 0) is 9.59 Å². The summed E-state index contributed by atoms with van der Waals surface area (Å²) < 4.78 is 7.15. The van der Waals surface area contributed by atoms with Gasteiger partial charge in [-0.25, -0.2) is 5.43 Å². The van der Waals surface area contributed by atoms with Crippen molar-refractivity contribution < 1.29 is 14.3 Å². The summed E-state index contributed by atoms with van der Waals surface area (Å²) >= 11 is 6.72. The van der Waals surface area contributed by atoms with E-state index < -0.39 is 5.91 Å². The minimum atomic E-state index is -0.407. The van der Waals surface area contributed by atoms with Crippen LogP contribution in [0.15, 0.2) is 56.5 Å². The third-order valence-corrected chi connectivity index (χ3v) is 4.51. The lowest BCUT2D eigenvalue weighted by Gasteiger charge is -2.08. The highest BCUT2D eigenvalue weighted by atomic mass is 79.9. The lowest BCUT2D eigenvalue weighted by atomic mass is 10.2. The van der Waals surface area contributed by atoms with Crippen LogP contribution in [-0.4, -0.2) is 24.1 Å². The molecule has 0 atom stereocenters. The summed E-state index contributed by atoms with van der Waals surface area (Å²) in [5.74, 6) is -0.0480. The van der Waals surface area contributed by atoms with Crippen molar-refractivity contribution >= 4 is 55.1 Å². The first-order valence-electron chi connectivity index (χ1n) is 8.10. The van der Waals surface area contributed by atoms with Gasteiger partial charge in [-0.05, 0) is 71.7 Å². The van der Waals surface area contributed by atoms with Crippen LogP contribution >= 0.6 is 31.9 Å². The van der Waals surface area contributed by atoms with E-state index in [0.717, 1.165) is 14.5 Å². The van der Waals surface area contributed by atoms with E-state index >= 15 is 0 Å². The second kappa shape index (κ2) is 10.2. The first-order chi connectivity index (χ1) is 12.8. The molecule has 0 aliphatic carbocycles. The maximum absolute atomic E-state index is 12.0. The largest absolute Gasteiger partial charge is 0.483 e. The van der Waals surface area contributed by atoms with Crippen molar-refractivity contribution in [3.63, 3.8) is 0 Å². The number of aryl methyl sites for hydroxylation is 1. The van der Waals surface area contributed by atoms with Crippen LogP contribution in [0.5, 0.6) is 5.75 Å². The Balaban J connectivity index is 1.77. The van der Waals surface area contributed by atoms with E-state index in [1.165, 1.54) is 0 Å². The average molecular weight is 497 g/mol. The summed E-state index contributed by atoms with van der Waals surface area (Å²) in [6.45, 7) is 3.45. The lowest BCUT2D eigenvalue weighted by Crippen LogP contribution is -2.26. The second-order valence-corrected chi connectivity index (χ2v) is 7.61. The molecule has 2 rings (SSSR count). The van der Waals surface area contributed by atoms with E-state index in [0.29, 0.717) is 17.1 Å². The smallest absolute Gasteiger partial charge is 0.277 e. The standard InChI is InChI=1S/C19H19Br2N3O3/c1-12-3-8-17(16(21)9-12)27-11-19(26)24-23-13(2)10-18(25)22-15-6-4-14(20)5-7-15/h3-9H,10-11H2,1-2H3,(H,22,25)(H,24,26)/b23-13-. The number of rotatable bonds is 7. The minimum Gasteiger partial charge on any atom is -0.483 e. The quantitative estimate of drug-likeness (QED) is 0.439. The Hall–Kier alpha value is -2.19. The Morgan fingerprint density at radius 1 is 1.07 bits per heavy atom. The maximum Gasteiger partial charge on any atom is 0.277 e. The van der Waals surface area contributed by atoms with E-state index in [4.69, 9.17) is 4.74 Å². The van der Waals surface area contributed by atoms with Crippen LogP contribution in [0.1, 0.15) is 18.9 Å². The van der Waals surface area contributed by atoms with Crippen LogP contribution in [0.2, 0.25) is 0 Å². The van der Waals surface area contributed by atoms with Crippen LogP contribution in [0, 0.1) is 6.92 Å². The number of hydrazone groups is 1. The molecule has 0 saturated heterocycles. The molecule has 0 aromatic heterocycles. The van der Waals surface area contributed by atoms with Crippen molar-refractivity contribution in [2.45, 2.75) is 20.3 Å². The van der Waals surface area contributed by atoms with Gasteiger partial charge in [-0.3, -0.25) is 9.59 Å². The molecule has 0 radical (unpaired) electrons. The van der Waals surface area contributed by atoms with Crippen molar-refractivity contribution in [3.05, 3.63) is 57.0 Å². The molecule has 2 aromatic rings. The molecular weight excluding hydrogens is 478 g/mol. The number of nitrogens with one attached hydrogen (secondary N) is 2. The topological polar surface area (TPSA) is 79.8 Å². The molecular formula is C19H19Br2N3O3. The summed E-state index contributed by atoms with van der Waals surface area (Å²) in [5, 5.41) is 6.69. The van der Waals surface area contributed by atoms with Crippen LogP contribution in [0.4, 0.5) is 5.69 Å². The number of halogens is 2. The molecule has 0 saturated carbocycles. The fourth-order valence-corrected chi connectivity index (χ4v) is 2.94. The Kier molecular flexibility index (Phi) is 7.99. The molecule has 142 valence electrons. The number of hydrogen-bond acceptors (Lipinski definition) is 4. The zero-order valence-electron chi connectivity index (χ0n) is 14.9. The van der Waals surface area contributed by atoms with E-state index in [2.05, 4.69) is 47.7 Å². The number of carbonyl (C=O) groups is 2. The minimum absolute atomic E-state index is 0.0702. The van der Waals surface area contributed by atoms with Gasteiger partial charge in [0, 0.05) is 15.9 Å². The first kappa shape index (κ1) is 21.1. The van der Waals surface area contributed by atoms with Gasteiger partial charge in [-0.1, -0.05) is 22.0 Å². The zero-order chi connectivity index (χ0) is 19.8. The van der Waals surface area contributed by atoms with E-state index in [9.17, 15) is 9.59 Å². The van der Waals surface area contributed by atoms with Crippen LogP contribution in [0.25, 0.3) is 0 Å². The second-order valence-electron chi connectivity index (χ2n) is 5.84. The highest BCUT2D eigenvalue weighted by Crippen LogP contribution is 2.25. The van der Waals surface area contributed by atoms with Crippen LogP contribution < -0.4 is 15.5 Å². The van der Waals surface area contributed by atoms with Crippen molar-refractivity contribution in [3.8, 4) is 5.75 Å². The van der Waals surface area contributed by atoms with Gasteiger partial charge < -0.3 is 10.1 Å². The normalized spacial score (nSPS) is 11.0. The molecule has 0 heterocycles. The Morgan fingerprint density at radius 3 is 2.44 bits per heavy atom.